The third kappa shape index (κ3) is 4.01. The summed E-state index contributed by atoms with van der Waals surface area (Å²) in [5.74, 6) is 0.604. The van der Waals surface area contributed by atoms with Crippen molar-refractivity contribution in [2.75, 3.05) is 6.54 Å². The molecule has 0 saturated heterocycles. The van der Waals surface area contributed by atoms with E-state index in [4.69, 9.17) is 9.52 Å². The third-order valence-corrected chi connectivity index (χ3v) is 3.16. The number of amides is 2. The number of aliphatic carboxylic acids is 1. The van der Waals surface area contributed by atoms with E-state index in [9.17, 15) is 9.59 Å². The fraction of sp³-hybridized carbons (Fsp3) is 0.571. The number of aryl methyl sites for hydroxylation is 2. The van der Waals surface area contributed by atoms with Gasteiger partial charge in [0, 0.05) is 12.1 Å². The Hall–Kier alpha value is -1.98. The fourth-order valence-electron chi connectivity index (χ4n) is 1.78. The number of carboxylic acid groups (broad SMARTS) is 1. The van der Waals surface area contributed by atoms with Gasteiger partial charge in [0.2, 0.25) is 0 Å². The third-order valence-electron chi connectivity index (χ3n) is 3.16. The largest absolute Gasteiger partial charge is 0.481 e. The first-order valence-electron chi connectivity index (χ1n) is 6.48. The molecule has 0 radical (unpaired) electrons. The molecule has 0 aliphatic carbocycles. The van der Waals surface area contributed by atoms with Gasteiger partial charge in [0.25, 0.3) is 0 Å². The maximum atomic E-state index is 11.8. The Kier molecular flexibility index (Phi) is 4.81. The summed E-state index contributed by atoms with van der Waals surface area (Å²) in [7, 11) is 0. The van der Waals surface area contributed by atoms with Gasteiger partial charge >= 0.3 is 12.0 Å². The molecule has 0 aromatic carbocycles. The molecule has 0 spiro atoms. The van der Waals surface area contributed by atoms with Gasteiger partial charge in [-0.1, -0.05) is 0 Å². The van der Waals surface area contributed by atoms with Crippen LogP contribution in [0.4, 0.5) is 4.79 Å². The van der Waals surface area contributed by atoms with Crippen molar-refractivity contribution >= 4 is 12.0 Å². The molecule has 3 N–H and O–H groups in total. The Morgan fingerprint density at radius 2 is 2.00 bits per heavy atom. The lowest BCUT2D eigenvalue weighted by atomic mass is 9.94. The number of urea groups is 1. The number of carboxylic acids is 1. The van der Waals surface area contributed by atoms with Crippen molar-refractivity contribution in [1.29, 1.82) is 0 Å². The highest BCUT2D eigenvalue weighted by Crippen LogP contribution is 2.21. The second kappa shape index (κ2) is 5.98. The predicted molar refractivity (Wildman–Crippen MR) is 74.5 cm³/mol. The first-order valence-corrected chi connectivity index (χ1v) is 6.48. The molecule has 0 saturated carbocycles. The summed E-state index contributed by atoms with van der Waals surface area (Å²) in [5.41, 5.74) is -0.0851. The van der Waals surface area contributed by atoms with E-state index in [2.05, 4.69) is 10.6 Å². The van der Waals surface area contributed by atoms with Crippen LogP contribution in [0.3, 0.4) is 0 Å². The fourth-order valence-corrected chi connectivity index (χ4v) is 1.78. The van der Waals surface area contributed by atoms with Gasteiger partial charge in [0.15, 0.2) is 0 Å². The van der Waals surface area contributed by atoms with Gasteiger partial charge in [0.05, 0.1) is 11.5 Å². The van der Waals surface area contributed by atoms with Crippen LogP contribution in [0.15, 0.2) is 10.5 Å². The van der Waals surface area contributed by atoms with Crippen LogP contribution >= 0.6 is 0 Å². The smallest absolute Gasteiger partial charge is 0.315 e. The van der Waals surface area contributed by atoms with Crippen molar-refractivity contribution in [2.24, 2.45) is 5.41 Å². The molecule has 1 aromatic rings. The van der Waals surface area contributed by atoms with Crippen molar-refractivity contribution in [3.63, 3.8) is 0 Å². The number of nitrogens with one attached hydrogen (secondary N) is 2. The molecule has 1 rings (SSSR count). The highest BCUT2D eigenvalue weighted by molar-refractivity contribution is 5.77. The van der Waals surface area contributed by atoms with Crippen molar-refractivity contribution in [1.82, 2.24) is 10.6 Å². The number of rotatable bonds is 5. The lowest BCUT2D eigenvalue weighted by Crippen LogP contribution is -2.44. The van der Waals surface area contributed by atoms with Crippen LogP contribution < -0.4 is 10.6 Å². The molecule has 2 amide bonds. The minimum absolute atomic E-state index is 0.0598. The Labute approximate surface area is 118 Å². The average molecular weight is 282 g/mol. The Morgan fingerprint density at radius 3 is 2.45 bits per heavy atom. The Balaban J connectivity index is 2.55. The first-order chi connectivity index (χ1) is 9.13. The van der Waals surface area contributed by atoms with Crippen molar-refractivity contribution < 1.29 is 19.1 Å². The summed E-state index contributed by atoms with van der Waals surface area (Å²) in [6.07, 6.45) is 0. The van der Waals surface area contributed by atoms with E-state index in [0.717, 1.165) is 17.1 Å². The summed E-state index contributed by atoms with van der Waals surface area (Å²) < 4.78 is 5.41. The molecule has 6 nitrogen and oxygen atoms in total. The molecule has 1 aromatic heterocycles. The van der Waals surface area contributed by atoms with Crippen LogP contribution in [0.5, 0.6) is 0 Å². The molecule has 0 fully saturated rings. The summed E-state index contributed by atoms with van der Waals surface area (Å²) in [6, 6.07) is 1.27. The van der Waals surface area contributed by atoms with Gasteiger partial charge < -0.3 is 20.2 Å². The Bertz CT molecular complexity index is 505. The molecule has 0 aliphatic rings. The van der Waals surface area contributed by atoms with E-state index in [1.807, 2.05) is 26.8 Å². The van der Waals surface area contributed by atoms with Crippen LogP contribution in [0, 0.1) is 19.3 Å². The van der Waals surface area contributed by atoms with Crippen molar-refractivity contribution in [3.8, 4) is 0 Å². The maximum absolute atomic E-state index is 11.8. The Morgan fingerprint density at radius 1 is 1.40 bits per heavy atom. The second-order valence-corrected chi connectivity index (χ2v) is 5.61. The maximum Gasteiger partial charge on any atom is 0.315 e. The SMILES string of the molecule is Cc1cc(C(C)NC(=O)NCC(C)(C)C(=O)O)c(C)o1. The number of carbonyl (C=O) groups is 2. The molecule has 20 heavy (non-hydrogen) atoms. The average Bonchev–Trinajstić information content (AvgIpc) is 2.66. The van der Waals surface area contributed by atoms with Gasteiger partial charge in [-0.3, -0.25) is 4.79 Å². The number of hydrogen-bond acceptors (Lipinski definition) is 3. The summed E-state index contributed by atoms with van der Waals surface area (Å²) >= 11 is 0. The topological polar surface area (TPSA) is 91.6 Å². The van der Waals surface area contributed by atoms with Crippen LogP contribution in [-0.4, -0.2) is 23.7 Å². The van der Waals surface area contributed by atoms with Crippen LogP contribution in [0.25, 0.3) is 0 Å². The lowest BCUT2D eigenvalue weighted by molar-refractivity contribution is -0.146. The van der Waals surface area contributed by atoms with Crippen molar-refractivity contribution in [2.45, 2.75) is 40.7 Å². The zero-order chi connectivity index (χ0) is 15.5. The number of furan rings is 1. The molecular weight excluding hydrogens is 260 g/mol. The number of hydrogen-bond donors (Lipinski definition) is 3. The second-order valence-electron chi connectivity index (χ2n) is 5.61. The van der Waals surface area contributed by atoms with E-state index in [1.165, 1.54) is 0 Å². The van der Waals surface area contributed by atoms with E-state index in [0.29, 0.717) is 0 Å². The summed E-state index contributed by atoms with van der Waals surface area (Å²) in [4.78, 5) is 22.7. The molecule has 0 aliphatic heterocycles. The van der Waals surface area contributed by atoms with Gasteiger partial charge in [-0.25, -0.2) is 4.79 Å². The van der Waals surface area contributed by atoms with E-state index >= 15 is 0 Å². The van der Waals surface area contributed by atoms with E-state index in [-0.39, 0.29) is 12.6 Å². The summed E-state index contributed by atoms with van der Waals surface area (Å²) in [5, 5.41) is 14.3. The van der Waals surface area contributed by atoms with Crippen LogP contribution in [-0.2, 0) is 4.79 Å². The van der Waals surface area contributed by atoms with Crippen LogP contribution in [0.2, 0.25) is 0 Å². The van der Waals surface area contributed by atoms with Gasteiger partial charge in [-0.05, 0) is 40.7 Å². The van der Waals surface area contributed by atoms with Gasteiger partial charge in [-0.15, -0.1) is 0 Å². The molecule has 6 heteroatoms. The normalized spacial score (nSPS) is 12.8. The molecular formula is C14H22N2O4. The van der Waals surface area contributed by atoms with Gasteiger partial charge in [0.1, 0.15) is 11.5 Å². The van der Waals surface area contributed by atoms with Crippen molar-refractivity contribution in [3.05, 3.63) is 23.2 Å². The molecule has 0 bridgehead atoms. The predicted octanol–water partition coefficient (Wildman–Crippen LogP) is 2.37. The lowest BCUT2D eigenvalue weighted by Gasteiger charge is -2.21. The van der Waals surface area contributed by atoms with Gasteiger partial charge in [-0.2, -0.15) is 0 Å². The quantitative estimate of drug-likeness (QED) is 0.773. The highest BCUT2D eigenvalue weighted by Gasteiger charge is 2.27. The molecule has 112 valence electrons. The monoisotopic (exact) mass is 282 g/mol. The zero-order valence-electron chi connectivity index (χ0n) is 12.5. The molecule has 1 atom stereocenters. The van der Waals surface area contributed by atoms with E-state index < -0.39 is 17.4 Å². The van der Waals surface area contributed by atoms with Crippen LogP contribution in [0.1, 0.15) is 43.9 Å². The minimum Gasteiger partial charge on any atom is -0.481 e. The minimum atomic E-state index is -0.997. The molecule has 1 unspecified atom stereocenters. The molecule has 1 heterocycles. The zero-order valence-corrected chi connectivity index (χ0v) is 12.5. The first kappa shape index (κ1) is 16.1. The van der Waals surface area contributed by atoms with E-state index in [1.54, 1.807) is 13.8 Å². The number of carbonyl (C=O) groups excluding carboxylic acids is 1. The standard InChI is InChI=1S/C14H22N2O4/c1-8-6-11(10(3)20-8)9(2)16-13(19)15-7-14(4,5)12(17)18/h6,9H,7H2,1-5H3,(H,17,18)(H2,15,16,19). The highest BCUT2D eigenvalue weighted by atomic mass is 16.4. The summed E-state index contributed by atoms with van der Waals surface area (Å²) in [6.45, 7) is 8.71.